The smallest absolute Gasteiger partial charge is 0.0731 e. The van der Waals surface area contributed by atoms with E-state index >= 15 is 0 Å². The Morgan fingerprint density at radius 2 is 1.85 bits per heavy atom. The molecule has 1 N–H and O–H groups in total. The van der Waals surface area contributed by atoms with Crippen molar-refractivity contribution >= 4 is 0 Å². The van der Waals surface area contributed by atoms with Crippen LogP contribution in [0, 0.1) is 5.92 Å². The van der Waals surface area contributed by atoms with E-state index in [-0.39, 0.29) is 0 Å². The molecule has 0 radical (unpaired) electrons. The third kappa shape index (κ3) is 7.02. The Kier molecular flexibility index (Phi) is 10.3. The lowest BCUT2D eigenvalue weighted by molar-refractivity contribution is -0.0410. The van der Waals surface area contributed by atoms with Crippen molar-refractivity contribution in [2.75, 3.05) is 40.1 Å². The molecule has 0 spiro atoms. The minimum absolute atomic E-state index is 0.353. The van der Waals surface area contributed by atoms with E-state index in [2.05, 4.69) is 19.2 Å². The van der Waals surface area contributed by atoms with Crippen LogP contribution < -0.4 is 5.32 Å². The first-order valence-corrected chi connectivity index (χ1v) is 8.23. The van der Waals surface area contributed by atoms with Gasteiger partial charge < -0.3 is 19.5 Å². The van der Waals surface area contributed by atoms with E-state index in [0.717, 1.165) is 12.5 Å². The molecule has 0 bridgehead atoms. The molecule has 0 saturated heterocycles. The number of hydrogen-bond acceptors (Lipinski definition) is 4. The van der Waals surface area contributed by atoms with Crippen LogP contribution in [0.3, 0.4) is 0 Å². The predicted molar refractivity (Wildman–Crippen MR) is 82.1 cm³/mol. The van der Waals surface area contributed by atoms with E-state index in [1.165, 1.54) is 32.1 Å². The molecule has 20 heavy (non-hydrogen) atoms. The third-order valence-corrected chi connectivity index (χ3v) is 4.13. The minimum Gasteiger partial charge on any atom is -0.382 e. The van der Waals surface area contributed by atoms with E-state index < -0.39 is 0 Å². The summed E-state index contributed by atoms with van der Waals surface area (Å²) < 4.78 is 16.5. The third-order valence-electron chi connectivity index (χ3n) is 4.13. The molecule has 4 heteroatoms. The zero-order valence-electron chi connectivity index (χ0n) is 13.5. The second-order valence-corrected chi connectivity index (χ2v) is 5.66. The first kappa shape index (κ1) is 17.9. The van der Waals surface area contributed by atoms with E-state index in [9.17, 15) is 0 Å². The van der Waals surface area contributed by atoms with Gasteiger partial charge in [0, 0.05) is 13.2 Å². The molecule has 1 aliphatic rings. The molecule has 0 aromatic heterocycles. The highest BCUT2D eigenvalue weighted by atomic mass is 16.5. The molecule has 0 aromatic rings. The van der Waals surface area contributed by atoms with Crippen LogP contribution in [0.5, 0.6) is 0 Å². The van der Waals surface area contributed by atoms with Crippen molar-refractivity contribution in [1.29, 1.82) is 0 Å². The molecular formula is C16H33NO3. The van der Waals surface area contributed by atoms with Crippen LogP contribution in [0.25, 0.3) is 0 Å². The summed E-state index contributed by atoms with van der Waals surface area (Å²) >= 11 is 0. The molecule has 0 amide bonds. The van der Waals surface area contributed by atoms with E-state index in [1.807, 2.05) is 0 Å². The number of rotatable bonds is 11. The van der Waals surface area contributed by atoms with Gasteiger partial charge in [-0.2, -0.15) is 0 Å². The lowest BCUT2D eigenvalue weighted by atomic mass is 9.82. The Morgan fingerprint density at radius 1 is 1.05 bits per heavy atom. The van der Waals surface area contributed by atoms with Gasteiger partial charge in [-0.05, 0) is 38.1 Å². The lowest BCUT2D eigenvalue weighted by Gasteiger charge is -2.36. The van der Waals surface area contributed by atoms with E-state index in [1.54, 1.807) is 7.11 Å². The van der Waals surface area contributed by atoms with Gasteiger partial charge in [0.25, 0.3) is 0 Å². The van der Waals surface area contributed by atoms with Gasteiger partial charge in [-0.1, -0.05) is 20.3 Å². The Bertz CT molecular complexity index is 226. The Balaban J connectivity index is 2.24. The van der Waals surface area contributed by atoms with Crippen LogP contribution >= 0.6 is 0 Å². The summed E-state index contributed by atoms with van der Waals surface area (Å²) in [6.45, 7) is 8.25. The fraction of sp³-hybridized carbons (Fsp3) is 1.00. The van der Waals surface area contributed by atoms with Crippen LogP contribution in [-0.2, 0) is 14.2 Å². The average Bonchev–Trinajstić information content (AvgIpc) is 2.49. The van der Waals surface area contributed by atoms with Gasteiger partial charge in [0.15, 0.2) is 0 Å². The number of nitrogens with one attached hydrogen (secondary N) is 1. The number of methoxy groups -OCH3 is 1. The standard InChI is InChI=1S/C16H33NO3/c1-4-8-17-15-7-6-14(5-2)13-16(15)20-12-11-19-10-9-18-3/h14-17H,4-13H2,1-3H3. The van der Waals surface area contributed by atoms with Crippen molar-refractivity contribution in [3.05, 3.63) is 0 Å². The monoisotopic (exact) mass is 287 g/mol. The second-order valence-electron chi connectivity index (χ2n) is 5.66. The van der Waals surface area contributed by atoms with Gasteiger partial charge in [-0.3, -0.25) is 0 Å². The molecule has 4 nitrogen and oxygen atoms in total. The molecule has 1 rings (SSSR count). The summed E-state index contributed by atoms with van der Waals surface area (Å²) in [7, 11) is 1.69. The molecule has 3 atom stereocenters. The summed E-state index contributed by atoms with van der Waals surface area (Å²) in [5.41, 5.74) is 0. The summed E-state index contributed by atoms with van der Waals surface area (Å²) in [4.78, 5) is 0. The fourth-order valence-electron chi connectivity index (χ4n) is 2.83. The molecule has 120 valence electrons. The fourth-order valence-corrected chi connectivity index (χ4v) is 2.83. The maximum Gasteiger partial charge on any atom is 0.0731 e. The van der Waals surface area contributed by atoms with Gasteiger partial charge in [0.2, 0.25) is 0 Å². The van der Waals surface area contributed by atoms with Gasteiger partial charge in [-0.15, -0.1) is 0 Å². The van der Waals surface area contributed by atoms with Crippen LogP contribution in [0.1, 0.15) is 46.0 Å². The van der Waals surface area contributed by atoms with Crippen molar-refractivity contribution in [2.24, 2.45) is 5.92 Å². The quantitative estimate of drug-likeness (QED) is 0.593. The zero-order valence-corrected chi connectivity index (χ0v) is 13.5. The minimum atomic E-state index is 0.353. The van der Waals surface area contributed by atoms with Crippen LogP contribution in [0.4, 0.5) is 0 Å². The first-order valence-electron chi connectivity index (χ1n) is 8.23. The highest BCUT2D eigenvalue weighted by molar-refractivity contribution is 4.85. The van der Waals surface area contributed by atoms with Crippen molar-refractivity contribution in [3.63, 3.8) is 0 Å². The Morgan fingerprint density at radius 3 is 2.55 bits per heavy atom. The molecule has 0 aromatic carbocycles. The molecule has 1 saturated carbocycles. The highest BCUT2D eigenvalue weighted by Crippen LogP contribution is 2.28. The van der Waals surface area contributed by atoms with Gasteiger partial charge in [-0.25, -0.2) is 0 Å². The average molecular weight is 287 g/mol. The van der Waals surface area contributed by atoms with Crippen molar-refractivity contribution < 1.29 is 14.2 Å². The normalized spacial score (nSPS) is 26.9. The second kappa shape index (κ2) is 11.5. The summed E-state index contributed by atoms with van der Waals surface area (Å²) in [6.07, 6.45) is 6.57. The molecular weight excluding hydrogens is 254 g/mol. The van der Waals surface area contributed by atoms with Crippen LogP contribution in [0.2, 0.25) is 0 Å². The summed E-state index contributed by atoms with van der Waals surface area (Å²) in [5, 5.41) is 3.64. The number of ether oxygens (including phenoxy) is 3. The highest BCUT2D eigenvalue weighted by Gasteiger charge is 2.29. The summed E-state index contributed by atoms with van der Waals surface area (Å²) in [5.74, 6) is 0.828. The van der Waals surface area contributed by atoms with Gasteiger partial charge >= 0.3 is 0 Å². The molecule has 1 aliphatic carbocycles. The van der Waals surface area contributed by atoms with E-state index in [0.29, 0.717) is 38.6 Å². The SMILES string of the molecule is CCCNC1CCC(CC)CC1OCCOCCOC. The van der Waals surface area contributed by atoms with Crippen LogP contribution in [-0.4, -0.2) is 52.2 Å². The molecule has 3 unspecified atom stereocenters. The number of hydrogen-bond donors (Lipinski definition) is 1. The van der Waals surface area contributed by atoms with Crippen molar-refractivity contribution in [2.45, 2.75) is 58.1 Å². The van der Waals surface area contributed by atoms with E-state index in [4.69, 9.17) is 14.2 Å². The first-order chi connectivity index (χ1) is 9.81. The molecule has 0 aliphatic heterocycles. The van der Waals surface area contributed by atoms with Gasteiger partial charge in [0.05, 0.1) is 32.5 Å². The molecule has 0 heterocycles. The Labute approximate surface area is 124 Å². The van der Waals surface area contributed by atoms with Gasteiger partial charge in [0.1, 0.15) is 0 Å². The largest absolute Gasteiger partial charge is 0.382 e. The maximum absolute atomic E-state index is 6.08. The topological polar surface area (TPSA) is 39.7 Å². The Hall–Kier alpha value is -0.160. The molecule has 1 fully saturated rings. The summed E-state index contributed by atoms with van der Waals surface area (Å²) in [6, 6.07) is 0.525. The predicted octanol–water partition coefficient (Wildman–Crippen LogP) is 2.61. The maximum atomic E-state index is 6.08. The van der Waals surface area contributed by atoms with Crippen LogP contribution in [0.15, 0.2) is 0 Å². The lowest BCUT2D eigenvalue weighted by Crippen LogP contribution is -2.46. The zero-order chi connectivity index (χ0) is 14.6. The van der Waals surface area contributed by atoms with Crippen molar-refractivity contribution in [3.8, 4) is 0 Å². The van der Waals surface area contributed by atoms with Crippen molar-refractivity contribution in [1.82, 2.24) is 5.32 Å².